The molecule has 0 atom stereocenters. The van der Waals surface area contributed by atoms with E-state index in [0.717, 1.165) is 11.3 Å². The summed E-state index contributed by atoms with van der Waals surface area (Å²) in [7, 11) is 3.83. The number of carbonyl (C=O) groups is 2. The summed E-state index contributed by atoms with van der Waals surface area (Å²) >= 11 is 0. The molecule has 2 aromatic carbocycles. The fourth-order valence-electron chi connectivity index (χ4n) is 2.19. The topological polar surface area (TPSA) is 68.2 Å². The van der Waals surface area contributed by atoms with Crippen molar-refractivity contribution in [3.63, 3.8) is 0 Å². The zero-order valence-electron chi connectivity index (χ0n) is 15.1. The summed E-state index contributed by atoms with van der Waals surface area (Å²) in [6, 6.07) is 16.3. The van der Waals surface area contributed by atoms with Gasteiger partial charge in [0.15, 0.2) is 5.71 Å². The molecule has 2 rings (SSSR count). The molecule has 0 spiro atoms. The molecule has 0 saturated carbocycles. The molecule has 0 aliphatic carbocycles. The lowest BCUT2D eigenvalue weighted by atomic mass is 10.1. The molecular weight excluding hydrogens is 332 g/mol. The zero-order chi connectivity index (χ0) is 18.9. The van der Waals surface area contributed by atoms with Crippen molar-refractivity contribution in [1.29, 1.82) is 0 Å². The second kappa shape index (κ2) is 9.36. The van der Waals surface area contributed by atoms with Crippen molar-refractivity contribution in [2.45, 2.75) is 13.5 Å². The maximum Gasteiger partial charge on any atom is 0.434 e. The van der Waals surface area contributed by atoms with Crippen LogP contribution >= 0.6 is 0 Å². The molecule has 0 bridgehead atoms. The van der Waals surface area contributed by atoms with E-state index in [2.05, 4.69) is 4.99 Å². The minimum atomic E-state index is -0.839. The number of aliphatic imine (C=N–C) groups is 1. The number of rotatable bonds is 6. The molecule has 1 amide bonds. The number of esters is 1. The van der Waals surface area contributed by atoms with Crippen molar-refractivity contribution in [2.75, 3.05) is 25.6 Å². The minimum absolute atomic E-state index is 0.0739. The first kappa shape index (κ1) is 19.2. The minimum Gasteiger partial charge on any atom is -0.461 e. The Morgan fingerprint density at radius 1 is 0.962 bits per heavy atom. The summed E-state index contributed by atoms with van der Waals surface area (Å²) in [6.45, 7) is 1.96. The number of hydrogen-bond acceptors (Lipinski definition) is 5. The zero-order valence-corrected chi connectivity index (χ0v) is 15.1. The van der Waals surface area contributed by atoms with Crippen LogP contribution in [0.4, 0.5) is 10.5 Å². The Morgan fingerprint density at radius 2 is 1.62 bits per heavy atom. The van der Waals surface area contributed by atoms with Crippen LogP contribution in [0.3, 0.4) is 0 Å². The lowest BCUT2D eigenvalue weighted by molar-refractivity contribution is -0.134. The molecule has 6 nitrogen and oxygen atoms in total. The van der Waals surface area contributed by atoms with Crippen LogP contribution in [0, 0.1) is 0 Å². The number of benzene rings is 2. The number of anilines is 1. The smallest absolute Gasteiger partial charge is 0.434 e. The van der Waals surface area contributed by atoms with Gasteiger partial charge in [0.1, 0.15) is 6.61 Å². The number of hydrogen-bond donors (Lipinski definition) is 0. The van der Waals surface area contributed by atoms with Crippen molar-refractivity contribution >= 4 is 23.5 Å². The summed E-state index contributed by atoms with van der Waals surface area (Å²) in [5.41, 5.74) is 2.22. The van der Waals surface area contributed by atoms with Crippen molar-refractivity contribution in [1.82, 2.24) is 0 Å². The normalized spacial score (nSPS) is 11.0. The summed E-state index contributed by atoms with van der Waals surface area (Å²) in [6.07, 6.45) is -0.839. The highest BCUT2D eigenvalue weighted by Gasteiger charge is 2.18. The predicted octanol–water partition coefficient (Wildman–Crippen LogP) is 3.44. The van der Waals surface area contributed by atoms with Crippen LogP contribution in [0.5, 0.6) is 0 Å². The van der Waals surface area contributed by atoms with Gasteiger partial charge in [0.2, 0.25) is 0 Å². The molecular formula is C20H22N2O4. The molecule has 0 aliphatic rings. The van der Waals surface area contributed by atoms with E-state index >= 15 is 0 Å². The van der Waals surface area contributed by atoms with Gasteiger partial charge in [-0.1, -0.05) is 42.5 Å². The second-order valence-electron chi connectivity index (χ2n) is 5.66. The van der Waals surface area contributed by atoms with Crippen LogP contribution in [0.2, 0.25) is 0 Å². The Balaban J connectivity index is 2.18. The van der Waals surface area contributed by atoms with Gasteiger partial charge in [-0.25, -0.2) is 9.59 Å². The monoisotopic (exact) mass is 354 g/mol. The molecule has 0 N–H and O–H groups in total. The van der Waals surface area contributed by atoms with Crippen LogP contribution in [-0.4, -0.2) is 38.5 Å². The largest absolute Gasteiger partial charge is 0.461 e. The fraction of sp³-hybridized carbons (Fsp3) is 0.250. The molecule has 0 radical (unpaired) electrons. The van der Waals surface area contributed by atoms with Crippen LogP contribution in [0.1, 0.15) is 18.1 Å². The van der Waals surface area contributed by atoms with Crippen LogP contribution in [0.15, 0.2) is 59.6 Å². The summed E-state index contributed by atoms with van der Waals surface area (Å²) in [5, 5.41) is 0. The summed E-state index contributed by atoms with van der Waals surface area (Å²) in [4.78, 5) is 30.0. The van der Waals surface area contributed by atoms with Gasteiger partial charge in [-0.3, -0.25) is 0 Å². The SMILES string of the molecule is CCOC(=O)/C(=N\C(=O)OCc1ccccc1)c1ccc(N(C)C)cc1. The lowest BCUT2D eigenvalue weighted by Crippen LogP contribution is -2.21. The van der Waals surface area contributed by atoms with E-state index in [-0.39, 0.29) is 18.9 Å². The first-order valence-corrected chi connectivity index (χ1v) is 8.25. The standard InChI is InChI=1S/C20H22N2O4/c1-4-25-19(23)18(16-10-12-17(13-11-16)22(2)3)21-20(24)26-14-15-8-6-5-7-9-15/h5-13H,4,14H2,1-3H3/b21-18-. The first-order chi connectivity index (χ1) is 12.5. The molecule has 6 heteroatoms. The highest BCUT2D eigenvalue weighted by molar-refractivity contribution is 6.44. The number of carbonyl (C=O) groups excluding carboxylic acids is 2. The van der Waals surface area contributed by atoms with Gasteiger partial charge < -0.3 is 14.4 Å². The van der Waals surface area contributed by atoms with Crippen molar-refractivity contribution in [3.8, 4) is 0 Å². The Kier molecular flexibility index (Phi) is 6.91. The molecule has 0 fully saturated rings. The number of nitrogens with zero attached hydrogens (tertiary/aromatic N) is 2. The van der Waals surface area contributed by atoms with Crippen LogP contribution in [0.25, 0.3) is 0 Å². The molecule has 26 heavy (non-hydrogen) atoms. The molecule has 0 unspecified atom stereocenters. The first-order valence-electron chi connectivity index (χ1n) is 8.25. The third kappa shape index (κ3) is 5.44. The van der Waals surface area contributed by atoms with Crippen LogP contribution < -0.4 is 4.90 Å². The Morgan fingerprint density at radius 3 is 2.19 bits per heavy atom. The van der Waals surface area contributed by atoms with E-state index in [0.29, 0.717) is 5.56 Å². The maximum atomic E-state index is 12.2. The van der Waals surface area contributed by atoms with Gasteiger partial charge >= 0.3 is 12.1 Å². The summed E-state index contributed by atoms with van der Waals surface area (Å²) < 4.78 is 10.1. The molecule has 2 aromatic rings. The van der Waals surface area contributed by atoms with Gasteiger partial charge in [-0.2, -0.15) is 4.99 Å². The van der Waals surface area contributed by atoms with Crippen molar-refractivity contribution < 1.29 is 19.1 Å². The van der Waals surface area contributed by atoms with Gasteiger partial charge in [0, 0.05) is 25.3 Å². The molecule has 0 aliphatic heterocycles. The van der Waals surface area contributed by atoms with E-state index < -0.39 is 12.1 Å². The van der Waals surface area contributed by atoms with Gasteiger partial charge in [0.05, 0.1) is 6.61 Å². The van der Waals surface area contributed by atoms with E-state index in [1.54, 1.807) is 19.1 Å². The number of amides is 1. The van der Waals surface area contributed by atoms with Crippen molar-refractivity contribution in [3.05, 3.63) is 65.7 Å². The Labute approximate surface area is 153 Å². The highest BCUT2D eigenvalue weighted by atomic mass is 16.5. The van der Waals surface area contributed by atoms with Gasteiger partial charge in [-0.15, -0.1) is 0 Å². The molecule has 0 aromatic heterocycles. The Bertz CT molecular complexity index is 768. The molecule has 0 saturated heterocycles. The van der Waals surface area contributed by atoms with E-state index in [1.165, 1.54) is 0 Å². The van der Waals surface area contributed by atoms with Crippen molar-refractivity contribution in [2.24, 2.45) is 4.99 Å². The van der Waals surface area contributed by atoms with Crippen LogP contribution in [-0.2, 0) is 20.9 Å². The van der Waals surface area contributed by atoms with E-state index in [9.17, 15) is 9.59 Å². The number of ether oxygens (including phenoxy) is 2. The Hall–Kier alpha value is -3.15. The average molecular weight is 354 g/mol. The maximum absolute atomic E-state index is 12.2. The molecule has 136 valence electrons. The van der Waals surface area contributed by atoms with Gasteiger partial charge in [-0.05, 0) is 24.6 Å². The molecule has 0 heterocycles. The fourth-order valence-corrected chi connectivity index (χ4v) is 2.19. The van der Waals surface area contributed by atoms with E-state index in [4.69, 9.17) is 9.47 Å². The van der Waals surface area contributed by atoms with E-state index in [1.807, 2.05) is 61.5 Å². The average Bonchev–Trinajstić information content (AvgIpc) is 2.65. The lowest BCUT2D eigenvalue weighted by Gasteiger charge is -2.13. The second-order valence-corrected chi connectivity index (χ2v) is 5.66. The predicted molar refractivity (Wildman–Crippen MR) is 101 cm³/mol. The van der Waals surface area contributed by atoms with Gasteiger partial charge in [0.25, 0.3) is 0 Å². The third-order valence-electron chi connectivity index (χ3n) is 3.53. The summed E-state index contributed by atoms with van der Waals surface area (Å²) in [5.74, 6) is -0.665. The third-order valence-corrected chi connectivity index (χ3v) is 3.53. The highest BCUT2D eigenvalue weighted by Crippen LogP contribution is 2.14. The quantitative estimate of drug-likeness (QED) is 0.587.